The first-order valence-electron chi connectivity index (χ1n) is 4.96. The van der Waals surface area contributed by atoms with Gasteiger partial charge in [0.05, 0.1) is 11.3 Å². The van der Waals surface area contributed by atoms with E-state index in [0.29, 0.717) is 0 Å². The summed E-state index contributed by atoms with van der Waals surface area (Å²) in [7, 11) is 0. The number of nitrogens with zero attached hydrogens (tertiary/aromatic N) is 3. The number of hydrogen-bond acceptors (Lipinski definition) is 4. The smallest absolute Gasteiger partial charge is 0.323 e. The fourth-order valence-corrected chi connectivity index (χ4v) is 1.90. The van der Waals surface area contributed by atoms with Gasteiger partial charge in [-0.15, -0.1) is 0 Å². The van der Waals surface area contributed by atoms with Gasteiger partial charge in [-0.2, -0.15) is 28.1 Å². The van der Waals surface area contributed by atoms with Crippen molar-refractivity contribution in [3.63, 3.8) is 0 Å². The number of rotatable bonds is 2. The molecule has 1 aromatic heterocycles. The van der Waals surface area contributed by atoms with Gasteiger partial charge in [-0.1, -0.05) is 11.6 Å². The third-order valence-electron chi connectivity index (χ3n) is 2.11. The Kier molecular flexibility index (Phi) is 4.22. The van der Waals surface area contributed by atoms with Crippen LogP contribution in [0.3, 0.4) is 0 Å². The Morgan fingerprint density at radius 1 is 0.950 bits per heavy atom. The predicted octanol–water partition coefficient (Wildman–Crippen LogP) is 4.59. The summed E-state index contributed by atoms with van der Waals surface area (Å²) in [4.78, 5) is 10.7. The summed E-state index contributed by atoms with van der Waals surface area (Å²) < 4.78 is 38.7. The molecule has 1 aromatic carbocycles. The molecule has 2 aromatic rings. The maximum atomic E-state index is 12.9. The maximum Gasteiger partial charge on any atom is 0.418 e. The number of hydrogen-bond donors (Lipinski definition) is 1. The van der Waals surface area contributed by atoms with Gasteiger partial charge in [0, 0.05) is 5.02 Å². The highest BCUT2D eigenvalue weighted by atomic mass is 35.5. The lowest BCUT2D eigenvalue weighted by atomic mass is 10.1. The first kappa shape index (κ1) is 15.1. The number of nitrogens with one attached hydrogen (secondary N) is 1. The lowest BCUT2D eigenvalue weighted by Crippen LogP contribution is -2.10. The molecule has 2 rings (SSSR count). The first-order chi connectivity index (χ1) is 9.25. The lowest BCUT2D eigenvalue weighted by Gasteiger charge is -2.14. The predicted molar refractivity (Wildman–Crippen MR) is 69.6 cm³/mol. The van der Waals surface area contributed by atoms with Crippen molar-refractivity contribution >= 4 is 46.4 Å². The van der Waals surface area contributed by atoms with Gasteiger partial charge in [0.15, 0.2) is 0 Å². The molecule has 10 heteroatoms. The van der Waals surface area contributed by atoms with Gasteiger partial charge in [-0.05, 0) is 41.4 Å². The van der Waals surface area contributed by atoms with Crippen LogP contribution in [0, 0.1) is 0 Å². The van der Waals surface area contributed by atoms with Crippen LogP contribution in [0.4, 0.5) is 24.8 Å². The Labute approximate surface area is 125 Å². The van der Waals surface area contributed by atoms with Crippen molar-refractivity contribution in [3.8, 4) is 0 Å². The van der Waals surface area contributed by atoms with Gasteiger partial charge < -0.3 is 5.32 Å². The van der Waals surface area contributed by atoms with Gasteiger partial charge in [-0.25, -0.2) is 0 Å². The molecule has 0 radical (unpaired) electrons. The zero-order chi connectivity index (χ0) is 14.9. The Morgan fingerprint density at radius 3 is 2.10 bits per heavy atom. The number of anilines is 2. The van der Waals surface area contributed by atoms with E-state index in [1.165, 1.54) is 6.07 Å². The molecular weight excluding hydrogens is 339 g/mol. The van der Waals surface area contributed by atoms with Crippen LogP contribution in [0.25, 0.3) is 0 Å². The van der Waals surface area contributed by atoms with E-state index in [1.807, 2.05) is 0 Å². The van der Waals surface area contributed by atoms with Crippen LogP contribution in [0.1, 0.15) is 5.56 Å². The highest BCUT2D eigenvalue weighted by Gasteiger charge is 2.34. The molecule has 0 atom stereocenters. The quantitative estimate of drug-likeness (QED) is 0.866. The number of alkyl halides is 3. The van der Waals surface area contributed by atoms with E-state index >= 15 is 0 Å². The largest absolute Gasteiger partial charge is 0.418 e. The maximum absolute atomic E-state index is 12.9. The molecule has 0 unspecified atom stereocenters. The highest BCUT2D eigenvalue weighted by Crippen LogP contribution is 2.37. The summed E-state index contributed by atoms with van der Waals surface area (Å²) in [5.74, 6) is -0.206. The summed E-state index contributed by atoms with van der Waals surface area (Å²) in [6, 6.07) is 3.23. The van der Waals surface area contributed by atoms with Crippen molar-refractivity contribution in [1.82, 2.24) is 15.0 Å². The second-order valence-electron chi connectivity index (χ2n) is 3.51. The Hall–Kier alpha value is -1.31. The Bertz CT molecular complexity index is 628. The van der Waals surface area contributed by atoms with Crippen LogP contribution in [-0.2, 0) is 6.18 Å². The molecule has 0 fully saturated rings. The van der Waals surface area contributed by atoms with Crippen LogP contribution < -0.4 is 5.32 Å². The standard InChI is InChI=1S/C10H4Cl3F3N4/c11-4-1-2-6(5(3-4)10(14,15)16)17-9-19-7(12)18-8(13)20-9/h1-3H,(H,17,18,19,20). The monoisotopic (exact) mass is 342 g/mol. The molecule has 0 amide bonds. The van der Waals surface area contributed by atoms with Gasteiger partial charge in [0.25, 0.3) is 0 Å². The highest BCUT2D eigenvalue weighted by molar-refractivity contribution is 6.31. The Balaban J connectivity index is 2.43. The van der Waals surface area contributed by atoms with Crippen molar-refractivity contribution in [2.24, 2.45) is 0 Å². The molecular formula is C10H4Cl3F3N4. The summed E-state index contributed by atoms with van der Waals surface area (Å²) in [5, 5.41) is 1.85. The van der Waals surface area contributed by atoms with Crippen molar-refractivity contribution in [3.05, 3.63) is 39.4 Å². The SMILES string of the molecule is FC(F)(F)c1cc(Cl)ccc1Nc1nc(Cl)nc(Cl)n1. The third kappa shape index (κ3) is 3.62. The molecule has 1 heterocycles. The molecule has 20 heavy (non-hydrogen) atoms. The fraction of sp³-hybridized carbons (Fsp3) is 0.100. The van der Waals surface area contributed by atoms with E-state index in [9.17, 15) is 13.2 Å². The van der Waals surface area contributed by atoms with Crippen LogP contribution in [0.15, 0.2) is 18.2 Å². The van der Waals surface area contributed by atoms with Crippen molar-refractivity contribution in [2.75, 3.05) is 5.32 Å². The van der Waals surface area contributed by atoms with Crippen LogP contribution in [0.2, 0.25) is 15.6 Å². The van der Waals surface area contributed by atoms with Crippen molar-refractivity contribution < 1.29 is 13.2 Å². The topological polar surface area (TPSA) is 50.7 Å². The van der Waals surface area contributed by atoms with Crippen LogP contribution >= 0.6 is 34.8 Å². The molecule has 1 N–H and O–H groups in total. The molecule has 0 saturated carbocycles. The summed E-state index contributed by atoms with van der Waals surface area (Å²) in [6.45, 7) is 0. The normalized spacial score (nSPS) is 11.5. The van der Waals surface area contributed by atoms with Gasteiger partial charge >= 0.3 is 6.18 Å². The molecule has 0 spiro atoms. The summed E-state index contributed by atoms with van der Waals surface area (Å²) in [6.07, 6.45) is -4.59. The molecule has 0 bridgehead atoms. The van der Waals surface area contributed by atoms with Crippen molar-refractivity contribution in [1.29, 1.82) is 0 Å². The first-order valence-corrected chi connectivity index (χ1v) is 6.10. The average molecular weight is 344 g/mol. The minimum Gasteiger partial charge on any atom is -0.323 e. The molecule has 0 saturated heterocycles. The van der Waals surface area contributed by atoms with E-state index in [0.717, 1.165) is 12.1 Å². The fourth-order valence-electron chi connectivity index (χ4n) is 1.36. The lowest BCUT2D eigenvalue weighted by molar-refractivity contribution is -0.136. The number of halogens is 6. The molecule has 4 nitrogen and oxygen atoms in total. The van der Waals surface area contributed by atoms with E-state index in [1.54, 1.807) is 0 Å². The van der Waals surface area contributed by atoms with Crippen LogP contribution in [0.5, 0.6) is 0 Å². The van der Waals surface area contributed by atoms with Gasteiger partial charge in [0.2, 0.25) is 16.5 Å². The van der Waals surface area contributed by atoms with E-state index in [2.05, 4.69) is 20.3 Å². The molecule has 106 valence electrons. The molecule has 0 aliphatic heterocycles. The van der Waals surface area contributed by atoms with E-state index in [4.69, 9.17) is 34.8 Å². The zero-order valence-corrected chi connectivity index (χ0v) is 11.6. The summed E-state index contributed by atoms with van der Waals surface area (Å²) in [5.41, 5.74) is -1.24. The van der Waals surface area contributed by atoms with E-state index in [-0.39, 0.29) is 27.2 Å². The second kappa shape index (κ2) is 5.59. The van der Waals surface area contributed by atoms with E-state index < -0.39 is 11.7 Å². The van der Waals surface area contributed by atoms with Crippen molar-refractivity contribution in [2.45, 2.75) is 6.18 Å². The zero-order valence-electron chi connectivity index (χ0n) is 9.34. The third-order valence-corrected chi connectivity index (χ3v) is 2.69. The second-order valence-corrected chi connectivity index (χ2v) is 4.62. The average Bonchev–Trinajstić information content (AvgIpc) is 2.28. The molecule has 0 aliphatic carbocycles. The minimum atomic E-state index is -4.59. The number of benzene rings is 1. The molecule has 0 aliphatic rings. The van der Waals surface area contributed by atoms with Gasteiger partial charge in [0.1, 0.15) is 0 Å². The van der Waals surface area contributed by atoms with Crippen LogP contribution in [-0.4, -0.2) is 15.0 Å². The Morgan fingerprint density at radius 2 is 1.55 bits per heavy atom. The summed E-state index contributed by atoms with van der Waals surface area (Å²) >= 11 is 16.6. The number of aromatic nitrogens is 3. The van der Waals surface area contributed by atoms with Gasteiger partial charge in [-0.3, -0.25) is 0 Å². The minimum absolute atomic E-state index is 0.0467.